The molecule has 1 aliphatic heterocycles. The van der Waals surface area contributed by atoms with Crippen LogP contribution in [0.1, 0.15) is 40.7 Å². The van der Waals surface area contributed by atoms with E-state index in [1.54, 1.807) is 42.5 Å². The summed E-state index contributed by atoms with van der Waals surface area (Å²) in [6.07, 6.45) is 0.913. The second-order valence-electron chi connectivity index (χ2n) is 7.41. The number of halogens is 1. The highest BCUT2D eigenvalue weighted by Gasteiger charge is 2.31. The molecular formula is C26H21ClN2O4. The standard InChI is InChI=1S/C26H21ClN2O4/c1-2-13-31-17-9-7-16(8-10-17)24-20-12-11-18(14-23(20)33-25(29)21(24)15-28)32-26(30)19-5-3-4-6-22(19)27/h3-12,14,24H,2,13,29H2,1H3. The molecule has 0 fully saturated rings. The first-order valence-electron chi connectivity index (χ1n) is 10.4. The van der Waals surface area contributed by atoms with Gasteiger partial charge in [0.05, 0.1) is 23.1 Å². The quantitative estimate of drug-likeness (QED) is 0.382. The van der Waals surface area contributed by atoms with Gasteiger partial charge in [0.25, 0.3) is 0 Å². The van der Waals surface area contributed by atoms with Gasteiger partial charge in [-0.3, -0.25) is 0 Å². The number of hydrogen-bond acceptors (Lipinski definition) is 6. The molecule has 0 saturated carbocycles. The number of nitriles is 1. The highest BCUT2D eigenvalue weighted by molar-refractivity contribution is 6.33. The van der Waals surface area contributed by atoms with E-state index in [1.807, 2.05) is 31.2 Å². The van der Waals surface area contributed by atoms with Crippen molar-refractivity contribution in [2.45, 2.75) is 19.3 Å². The van der Waals surface area contributed by atoms with Crippen molar-refractivity contribution in [1.82, 2.24) is 0 Å². The van der Waals surface area contributed by atoms with Crippen molar-refractivity contribution >= 4 is 17.6 Å². The van der Waals surface area contributed by atoms with Crippen molar-refractivity contribution in [2.75, 3.05) is 6.61 Å². The minimum absolute atomic E-state index is 0.0101. The van der Waals surface area contributed by atoms with E-state index in [-0.39, 0.29) is 17.2 Å². The van der Waals surface area contributed by atoms with Crippen LogP contribution in [0.5, 0.6) is 17.2 Å². The third kappa shape index (κ3) is 4.64. The lowest BCUT2D eigenvalue weighted by Crippen LogP contribution is -2.21. The molecule has 2 N–H and O–H groups in total. The molecule has 0 saturated heterocycles. The third-order valence-electron chi connectivity index (χ3n) is 5.18. The summed E-state index contributed by atoms with van der Waals surface area (Å²) in [5.74, 6) is 0.436. The summed E-state index contributed by atoms with van der Waals surface area (Å²) < 4.78 is 16.9. The second kappa shape index (κ2) is 9.68. The van der Waals surface area contributed by atoms with Crippen LogP contribution in [0.3, 0.4) is 0 Å². The maximum absolute atomic E-state index is 12.5. The smallest absolute Gasteiger partial charge is 0.345 e. The first-order chi connectivity index (χ1) is 16.0. The molecule has 3 aromatic carbocycles. The van der Waals surface area contributed by atoms with Gasteiger partial charge in [0.1, 0.15) is 28.9 Å². The molecule has 1 unspecified atom stereocenters. The van der Waals surface area contributed by atoms with Gasteiger partial charge in [-0.25, -0.2) is 4.79 Å². The van der Waals surface area contributed by atoms with E-state index in [1.165, 1.54) is 0 Å². The van der Waals surface area contributed by atoms with Crippen molar-refractivity contribution in [2.24, 2.45) is 5.73 Å². The SMILES string of the molecule is CCCOc1ccc(C2C(C#N)=C(N)Oc3cc(OC(=O)c4ccccc4Cl)ccc32)cc1. The molecule has 0 radical (unpaired) electrons. The first kappa shape index (κ1) is 22.3. The zero-order valence-electron chi connectivity index (χ0n) is 17.9. The van der Waals surface area contributed by atoms with Crippen LogP contribution in [0.2, 0.25) is 5.02 Å². The number of nitrogens with zero attached hydrogens (tertiary/aromatic N) is 1. The second-order valence-corrected chi connectivity index (χ2v) is 7.82. The van der Waals surface area contributed by atoms with Crippen molar-refractivity contribution < 1.29 is 19.0 Å². The number of ether oxygens (including phenoxy) is 3. The molecule has 166 valence electrons. The normalized spacial score (nSPS) is 14.6. The lowest BCUT2D eigenvalue weighted by atomic mass is 9.83. The van der Waals surface area contributed by atoms with E-state index in [9.17, 15) is 10.1 Å². The Morgan fingerprint density at radius 3 is 2.55 bits per heavy atom. The number of allylic oxidation sites excluding steroid dienone is 1. The van der Waals surface area contributed by atoms with Crippen LogP contribution in [-0.4, -0.2) is 12.6 Å². The summed E-state index contributed by atoms with van der Waals surface area (Å²) in [5.41, 5.74) is 8.24. The molecule has 1 atom stereocenters. The van der Waals surface area contributed by atoms with Gasteiger partial charge in [0, 0.05) is 11.6 Å². The minimum Gasteiger partial charge on any atom is -0.494 e. The zero-order valence-corrected chi connectivity index (χ0v) is 18.6. The molecule has 7 heteroatoms. The Labute approximate surface area is 196 Å². The average Bonchev–Trinajstić information content (AvgIpc) is 2.82. The molecule has 33 heavy (non-hydrogen) atoms. The van der Waals surface area contributed by atoms with Gasteiger partial charge in [0.2, 0.25) is 5.88 Å². The van der Waals surface area contributed by atoms with E-state index in [0.717, 1.165) is 23.3 Å². The van der Waals surface area contributed by atoms with Crippen molar-refractivity contribution in [3.8, 4) is 23.3 Å². The fraction of sp³-hybridized carbons (Fsp3) is 0.154. The number of benzene rings is 3. The lowest BCUT2D eigenvalue weighted by Gasteiger charge is -2.26. The van der Waals surface area contributed by atoms with E-state index < -0.39 is 11.9 Å². The van der Waals surface area contributed by atoms with Gasteiger partial charge in [0.15, 0.2) is 0 Å². The van der Waals surface area contributed by atoms with Crippen molar-refractivity contribution in [3.05, 3.63) is 99.9 Å². The summed E-state index contributed by atoms with van der Waals surface area (Å²) in [4.78, 5) is 12.5. The van der Waals surface area contributed by atoms with Gasteiger partial charge in [-0.05, 0) is 42.3 Å². The zero-order chi connectivity index (χ0) is 23.4. The topological polar surface area (TPSA) is 94.6 Å². The highest BCUT2D eigenvalue weighted by atomic mass is 35.5. The summed E-state index contributed by atoms with van der Waals surface area (Å²) >= 11 is 6.09. The predicted octanol–water partition coefficient (Wildman–Crippen LogP) is 5.57. The van der Waals surface area contributed by atoms with Crippen LogP contribution in [0, 0.1) is 11.3 Å². The van der Waals surface area contributed by atoms with Crippen LogP contribution in [0.25, 0.3) is 0 Å². The predicted molar refractivity (Wildman–Crippen MR) is 124 cm³/mol. The lowest BCUT2D eigenvalue weighted by molar-refractivity contribution is 0.0734. The number of rotatable bonds is 6. The average molecular weight is 461 g/mol. The van der Waals surface area contributed by atoms with E-state index in [2.05, 4.69) is 6.07 Å². The Morgan fingerprint density at radius 2 is 1.85 bits per heavy atom. The Bertz CT molecular complexity index is 1260. The number of carbonyl (C=O) groups excluding carboxylic acids is 1. The number of fused-ring (bicyclic) bond motifs is 1. The first-order valence-corrected chi connectivity index (χ1v) is 10.8. The van der Waals surface area contributed by atoms with Gasteiger partial charge in [-0.2, -0.15) is 5.26 Å². The van der Waals surface area contributed by atoms with Crippen LogP contribution in [0.4, 0.5) is 0 Å². The van der Waals surface area contributed by atoms with E-state index in [4.69, 9.17) is 31.5 Å². The van der Waals surface area contributed by atoms with Gasteiger partial charge in [-0.15, -0.1) is 0 Å². The Kier molecular flexibility index (Phi) is 6.53. The number of esters is 1. The molecule has 4 rings (SSSR count). The minimum atomic E-state index is -0.586. The van der Waals surface area contributed by atoms with Gasteiger partial charge < -0.3 is 19.9 Å². The molecule has 3 aromatic rings. The van der Waals surface area contributed by atoms with Crippen LogP contribution < -0.4 is 19.9 Å². The summed E-state index contributed by atoms with van der Waals surface area (Å²) in [7, 11) is 0. The molecule has 1 aliphatic rings. The molecule has 0 amide bonds. The maximum Gasteiger partial charge on any atom is 0.345 e. The third-order valence-corrected chi connectivity index (χ3v) is 5.51. The summed E-state index contributed by atoms with van der Waals surface area (Å²) in [6, 6.07) is 21.3. The molecule has 0 aromatic heterocycles. The monoisotopic (exact) mass is 460 g/mol. The van der Waals surface area contributed by atoms with Crippen molar-refractivity contribution in [3.63, 3.8) is 0 Å². The van der Waals surface area contributed by atoms with E-state index >= 15 is 0 Å². The summed E-state index contributed by atoms with van der Waals surface area (Å²) in [5, 5.41) is 10.0. The largest absolute Gasteiger partial charge is 0.494 e. The van der Waals surface area contributed by atoms with Crippen LogP contribution in [0.15, 0.2) is 78.2 Å². The van der Waals surface area contributed by atoms with Crippen LogP contribution in [-0.2, 0) is 0 Å². The van der Waals surface area contributed by atoms with Gasteiger partial charge >= 0.3 is 5.97 Å². The Hall–Kier alpha value is -3.95. The number of nitrogens with two attached hydrogens (primary N) is 1. The fourth-order valence-electron chi connectivity index (χ4n) is 3.61. The molecule has 1 heterocycles. The molecule has 0 aliphatic carbocycles. The van der Waals surface area contributed by atoms with Gasteiger partial charge in [-0.1, -0.05) is 48.9 Å². The highest BCUT2D eigenvalue weighted by Crippen LogP contribution is 2.43. The number of carbonyl (C=O) groups is 1. The number of hydrogen-bond donors (Lipinski definition) is 1. The summed E-state index contributed by atoms with van der Waals surface area (Å²) in [6.45, 7) is 2.67. The van der Waals surface area contributed by atoms with E-state index in [0.29, 0.717) is 23.0 Å². The molecular weight excluding hydrogens is 440 g/mol. The molecule has 0 bridgehead atoms. The van der Waals surface area contributed by atoms with Crippen LogP contribution >= 0.6 is 11.6 Å². The fourth-order valence-corrected chi connectivity index (χ4v) is 3.82. The molecule has 6 nitrogen and oxygen atoms in total. The maximum atomic E-state index is 12.5. The Balaban J connectivity index is 1.65. The van der Waals surface area contributed by atoms with Crippen molar-refractivity contribution in [1.29, 1.82) is 5.26 Å². The molecule has 0 spiro atoms. The Morgan fingerprint density at radius 1 is 1.12 bits per heavy atom.